The molecule has 8 heteroatoms. The summed E-state index contributed by atoms with van der Waals surface area (Å²) in [5, 5.41) is 18.9. The molecule has 0 unspecified atom stereocenters. The maximum Gasteiger partial charge on any atom is 0.262 e. The van der Waals surface area contributed by atoms with E-state index in [-0.39, 0.29) is 12.5 Å². The second kappa shape index (κ2) is 9.30. The van der Waals surface area contributed by atoms with Crippen LogP contribution in [0.15, 0.2) is 66.7 Å². The largest absolute Gasteiger partial charge is 0.483 e. The van der Waals surface area contributed by atoms with Crippen molar-refractivity contribution in [3.63, 3.8) is 0 Å². The average molecular weight is 428 g/mol. The second-order valence-electron chi connectivity index (χ2n) is 7.42. The van der Waals surface area contributed by atoms with E-state index in [1.807, 2.05) is 87.5 Å². The molecule has 0 atom stereocenters. The van der Waals surface area contributed by atoms with Gasteiger partial charge in [-0.25, -0.2) is 4.68 Å². The van der Waals surface area contributed by atoms with Crippen molar-refractivity contribution in [1.29, 1.82) is 0 Å². The van der Waals surface area contributed by atoms with Crippen LogP contribution >= 0.6 is 0 Å². The molecule has 4 rings (SSSR count). The zero-order valence-electron chi connectivity index (χ0n) is 18.2. The summed E-state index contributed by atoms with van der Waals surface area (Å²) in [4.78, 5) is 12.2. The van der Waals surface area contributed by atoms with E-state index < -0.39 is 0 Å². The molecule has 2 N–H and O–H groups in total. The van der Waals surface area contributed by atoms with Crippen LogP contribution in [0.4, 0.5) is 17.2 Å². The summed E-state index contributed by atoms with van der Waals surface area (Å²) >= 11 is 0. The van der Waals surface area contributed by atoms with Gasteiger partial charge in [-0.2, -0.15) is 5.10 Å². The summed E-state index contributed by atoms with van der Waals surface area (Å²) in [7, 11) is 0. The number of amides is 1. The Hall–Kier alpha value is -4.20. The van der Waals surface area contributed by atoms with Crippen molar-refractivity contribution in [1.82, 2.24) is 20.0 Å². The minimum absolute atomic E-state index is 0.0535. The Labute approximate surface area is 186 Å². The molecule has 0 aliphatic carbocycles. The normalized spacial score (nSPS) is 10.6. The molecule has 0 aliphatic rings. The van der Waals surface area contributed by atoms with Crippen molar-refractivity contribution in [2.45, 2.75) is 20.8 Å². The van der Waals surface area contributed by atoms with Crippen molar-refractivity contribution in [2.24, 2.45) is 0 Å². The van der Waals surface area contributed by atoms with Crippen LogP contribution in [-0.4, -0.2) is 32.5 Å². The molecule has 2 heterocycles. The highest BCUT2D eigenvalue weighted by Gasteiger charge is 2.07. The standard InChI is InChI=1S/C24H24N6O2/c1-16-6-4-5-7-21(16)32-15-24(31)26-20-10-8-19(9-11-20)25-22-12-13-23(28-27-22)30-18(3)14-17(2)29-30/h4-14H,15H2,1-3H3,(H,25,27)(H,26,31). The molecule has 4 aromatic rings. The number of aromatic nitrogens is 4. The Bertz CT molecular complexity index is 1220. The predicted molar refractivity (Wildman–Crippen MR) is 124 cm³/mol. The summed E-state index contributed by atoms with van der Waals surface area (Å²) < 4.78 is 7.33. The monoisotopic (exact) mass is 428 g/mol. The molecule has 32 heavy (non-hydrogen) atoms. The van der Waals surface area contributed by atoms with Crippen molar-refractivity contribution in [2.75, 3.05) is 17.2 Å². The van der Waals surface area contributed by atoms with Crippen LogP contribution in [0, 0.1) is 20.8 Å². The highest BCUT2D eigenvalue weighted by atomic mass is 16.5. The Morgan fingerprint density at radius 3 is 2.34 bits per heavy atom. The molecule has 0 bridgehead atoms. The summed E-state index contributed by atoms with van der Waals surface area (Å²) in [6.07, 6.45) is 0. The molecule has 8 nitrogen and oxygen atoms in total. The van der Waals surface area contributed by atoms with Gasteiger partial charge in [-0.15, -0.1) is 10.2 Å². The lowest BCUT2D eigenvalue weighted by Gasteiger charge is -2.10. The molecule has 162 valence electrons. The maximum absolute atomic E-state index is 12.2. The third-order valence-electron chi connectivity index (χ3n) is 4.77. The fourth-order valence-corrected chi connectivity index (χ4v) is 3.21. The van der Waals surface area contributed by atoms with Gasteiger partial charge in [0.25, 0.3) is 5.91 Å². The minimum Gasteiger partial charge on any atom is -0.483 e. The van der Waals surface area contributed by atoms with Gasteiger partial charge >= 0.3 is 0 Å². The average Bonchev–Trinajstić information content (AvgIpc) is 3.13. The molecule has 0 aliphatic heterocycles. The van der Waals surface area contributed by atoms with Gasteiger partial charge in [0, 0.05) is 17.1 Å². The molecule has 1 amide bonds. The van der Waals surface area contributed by atoms with Crippen molar-refractivity contribution < 1.29 is 9.53 Å². The molecule has 0 saturated carbocycles. The molecular weight excluding hydrogens is 404 g/mol. The lowest BCUT2D eigenvalue weighted by Crippen LogP contribution is -2.20. The zero-order chi connectivity index (χ0) is 22.5. The number of carbonyl (C=O) groups is 1. The molecule has 0 fully saturated rings. The topological polar surface area (TPSA) is 94.0 Å². The first kappa shape index (κ1) is 21.0. The lowest BCUT2D eigenvalue weighted by molar-refractivity contribution is -0.118. The van der Waals surface area contributed by atoms with Crippen LogP contribution in [-0.2, 0) is 4.79 Å². The first-order valence-electron chi connectivity index (χ1n) is 10.2. The SMILES string of the molecule is Cc1cc(C)n(-c2ccc(Nc3ccc(NC(=O)COc4ccccc4C)cc3)nn2)n1. The van der Waals surface area contributed by atoms with Crippen LogP contribution in [0.3, 0.4) is 0 Å². The molecule has 2 aromatic carbocycles. The number of carbonyl (C=O) groups excluding carboxylic acids is 1. The first-order valence-corrected chi connectivity index (χ1v) is 10.2. The Balaban J connectivity index is 1.32. The highest BCUT2D eigenvalue weighted by Crippen LogP contribution is 2.19. The van der Waals surface area contributed by atoms with Gasteiger partial charge < -0.3 is 15.4 Å². The Morgan fingerprint density at radius 2 is 1.69 bits per heavy atom. The number of ether oxygens (including phenoxy) is 1. The van der Waals surface area contributed by atoms with Gasteiger partial charge in [-0.1, -0.05) is 18.2 Å². The van der Waals surface area contributed by atoms with Crippen LogP contribution in [0.2, 0.25) is 0 Å². The Kier molecular flexibility index (Phi) is 6.12. The number of aryl methyl sites for hydroxylation is 3. The lowest BCUT2D eigenvalue weighted by atomic mass is 10.2. The molecular formula is C24H24N6O2. The van der Waals surface area contributed by atoms with E-state index in [4.69, 9.17) is 4.74 Å². The number of hydrogen-bond acceptors (Lipinski definition) is 6. The van der Waals surface area contributed by atoms with Gasteiger partial charge in [0.05, 0.1) is 5.69 Å². The maximum atomic E-state index is 12.2. The zero-order valence-corrected chi connectivity index (χ0v) is 18.2. The highest BCUT2D eigenvalue weighted by molar-refractivity contribution is 5.92. The fraction of sp³-hybridized carbons (Fsp3) is 0.167. The van der Waals surface area contributed by atoms with E-state index >= 15 is 0 Å². The minimum atomic E-state index is -0.223. The van der Waals surface area contributed by atoms with Gasteiger partial charge in [0.2, 0.25) is 0 Å². The first-order chi connectivity index (χ1) is 15.5. The number of para-hydroxylation sites is 1. The molecule has 0 spiro atoms. The predicted octanol–water partition coefficient (Wildman–Crippen LogP) is 4.35. The number of benzene rings is 2. The van der Waals surface area contributed by atoms with Gasteiger partial charge in [0.15, 0.2) is 18.2 Å². The van der Waals surface area contributed by atoms with Crippen LogP contribution in [0.5, 0.6) is 5.75 Å². The van der Waals surface area contributed by atoms with Crippen LogP contribution in [0.25, 0.3) is 5.82 Å². The number of hydrogen-bond donors (Lipinski definition) is 2. The third kappa shape index (κ3) is 5.10. The molecule has 0 saturated heterocycles. The summed E-state index contributed by atoms with van der Waals surface area (Å²) in [6.45, 7) is 5.80. The number of nitrogens with zero attached hydrogens (tertiary/aromatic N) is 4. The summed E-state index contributed by atoms with van der Waals surface area (Å²) in [6, 6.07) is 20.6. The number of nitrogens with one attached hydrogen (secondary N) is 2. The third-order valence-corrected chi connectivity index (χ3v) is 4.77. The van der Waals surface area contributed by atoms with E-state index in [0.29, 0.717) is 23.1 Å². The van der Waals surface area contributed by atoms with Gasteiger partial charge in [0.1, 0.15) is 5.75 Å². The van der Waals surface area contributed by atoms with Gasteiger partial charge in [-0.3, -0.25) is 4.79 Å². The van der Waals surface area contributed by atoms with E-state index in [9.17, 15) is 4.79 Å². The van der Waals surface area contributed by atoms with Gasteiger partial charge in [-0.05, 0) is 74.9 Å². The summed E-state index contributed by atoms with van der Waals surface area (Å²) in [5.41, 5.74) is 4.42. The van der Waals surface area contributed by atoms with E-state index in [1.165, 1.54) is 0 Å². The fourth-order valence-electron chi connectivity index (χ4n) is 3.21. The smallest absolute Gasteiger partial charge is 0.262 e. The summed E-state index contributed by atoms with van der Waals surface area (Å²) in [5.74, 6) is 1.75. The number of anilines is 3. The molecule has 0 radical (unpaired) electrons. The molecule has 2 aromatic heterocycles. The van der Waals surface area contributed by atoms with E-state index in [2.05, 4.69) is 25.9 Å². The van der Waals surface area contributed by atoms with E-state index in [0.717, 1.165) is 22.6 Å². The van der Waals surface area contributed by atoms with Crippen LogP contribution < -0.4 is 15.4 Å². The number of rotatable bonds is 7. The van der Waals surface area contributed by atoms with Crippen molar-refractivity contribution in [3.05, 3.63) is 83.7 Å². The Morgan fingerprint density at radius 1 is 0.938 bits per heavy atom. The van der Waals surface area contributed by atoms with Crippen molar-refractivity contribution in [3.8, 4) is 11.6 Å². The van der Waals surface area contributed by atoms with E-state index in [1.54, 1.807) is 4.68 Å². The quantitative estimate of drug-likeness (QED) is 0.455. The second-order valence-corrected chi connectivity index (χ2v) is 7.42. The van der Waals surface area contributed by atoms with Crippen molar-refractivity contribution >= 4 is 23.1 Å². The van der Waals surface area contributed by atoms with Crippen LogP contribution in [0.1, 0.15) is 17.0 Å².